The highest BCUT2D eigenvalue weighted by Crippen LogP contribution is 2.17. The lowest BCUT2D eigenvalue weighted by atomic mass is 10.2. The molecule has 1 amide bonds. The van der Waals surface area contributed by atoms with Gasteiger partial charge >= 0.3 is 0 Å². The molecule has 0 unspecified atom stereocenters. The Morgan fingerprint density at radius 1 is 1.26 bits per heavy atom. The van der Waals surface area contributed by atoms with E-state index < -0.39 is 10.0 Å². The van der Waals surface area contributed by atoms with Crippen molar-refractivity contribution in [1.29, 1.82) is 0 Å². The Kier molecular flexibility index (Phi) is 7.51. The molecule has 0 radical (unpaired) electrons. The molecule has 1 aromatic carbocycles. The second-order valence-electron chi connectivity index (χ2n) is 5.44. The third-order valence-corrected chi connectivity index (χ3v) is 5.11. The number of ether oxygens (including phenoxy) is 1. The van der Waals surface area contributed by atoms with Gasteiger partial charge in [0, 0.05) is 25.8 Å². The molecule has 0 spiro atoms. The number of amides is 1. The average Bonchev–Trinajstić information content (AvgIpc) is 2.53. The summed E-state index contributed by atoms with van der Waals surface area (Å²) in [7, 11) is -1.79. The number of rotatable bonds is 9. The van der Waals surface area contributed by atoms with Crippen molar-refractivity contribution in [2.45, 2.75) is 33.3 Å². The van der Waals surface area contributed by atoms with Gasteiger partial charge in [-0.1, -0.05) is 0 Å². The Labute approximate surface area is 138 Å². The molecule has 0 heterocycles. The molecular formula is C16H26N2O4S. The number of sulfonamides is 1. The fourth-order valence-corrected chi connectivity index (χ4v) is 2.70. The highest BCUT2D eigenvalue weighted by molar-refractivity contribution is 7.92. The van der Waals surface area contributed by atoms with Gasteiger partial charge in [-0.25, -0.2) is 8.42 Å². The first-order valence-electron chi connectivity index (χ1n) is 7.74. The molecule has 7 heteroatoms. The van der Waals surface area contributed by atoms with Crippen LogP contribution in [0.5, 0.6) is 0 Å². The Balaban J connectivity index is 2.54. The monoisotopic (exact) mass is 342 g/mol. The maximum absolute atomic E-state index is 12.0. The second-order valence-corrected chi connectivity index (χ2v) is 7.73. The third kappa shape index (κ3) is 6.19. The van der Waals surface area contributed by atoms with Crippen LogP contribution in [0.25, 0.3) is 0 Å². The number of hydrogen-bond acceptors (Lipinski definition) is 4. The van der Waals surface area contributed by atoms with Crippen LogP contribution in [0.15, 0.2) is 24.3 Å². The zero-order valence-electron chi connectivity index (χ0n) is 14.2. The minimum absolute atomic E-state index is 0.0319. The SMILES string of the molecule is CCS(=O)(=O)N(C)c1ccc(C(=O)NCCCOC(C)C)cc1. The van der Waals surface area contributed by atoms with Gasteiger partial charge in [0.25, 0.3) is 5.91 Å². The molecule has 6 nitrogen and oxygen atoms in total. The van der Waals surface area contributed by atoms with Crippen molar-refractivity contribution in [3.05, 3.63) is 29.8 Å². The summed E-state index contributed by atoms with van der Waals surface area (Å²) in [6.45, 7) is 6.68. The van der Waals surface area contributed by atoms with Crippen molar-refractivity contribution in [2.24, 2.45) is 0 Å². The quantitative estimate of drug-likeness (QED) is 0.697. The van der Waals surface area contributed by atoms with Crippen molar-refractivity contribution < 1.29 is 17.9 Å². The highest BCUT2D eigenvalue weighted by atomic mass is 32.2. The van der Waals surface area contributed by atoms with Gasteiger partial charge in [-0.3, -0.25) is 9.10 Å². The Morgan fingerprint density at radius 2 is 1.87 bits per heavy atom. The zero-order chi connectivity index (χ0) is 17.5. The molecule has 130 valence electrons. The fourth-order valence-electron chi connectivity index (χ4n) is 1.87. The van der Waals surface area contributed by atoms with Gasteiger partial charge in [0.05, 0.1) is 17.5 Å². The molecule has 0 aliphatic heterocycles. The topological polar surface area (TPSA) is 75.7 Å². The Hall–Kier alpha value is -1.60. The summed E-state index contributed by atoms with van der Waals surface area (Å²) in [5.41, 5.74) is 1.04. The molecule has 0 aliphatic carbocycles. The van der Waals surface area contributed by atoms with Crippen LogP contribution in [-0.4, -0.2) is 46.4 Å². The number of hydrogen-bond donors (Lipinski definition) is 1. The first-order valence-corrected chi connectivity index (χ1v) is 9.35. The number of nitrogens with one attached hydrogen (secondary N) is 1. The lowest BCUT2D eigenvalue weighted by Crippen LogP contribution is -2.28. The lowest BCUT2D eigenvalue weighted by Gasteiger charge is -2.18. The van der Waals surface area contributed by atoms with Crippen LogP contribution in [0.2, 0.25) is 0 Å². The molecule has 0 fully saturated rings. The summed E-state index contributed by atoms with van der Waals surface area (Å²) in [6, 6.07) is 6.50. The van der Waals surface area contributed by atoms with Crippen LogP contribution >= 0.6 is 0 Å². The third-order valence-electron chi connectivity index (χ3n) is 3.33. The molecule has 0 aliphatic rings. The summed E-state index contributed by atoms with van der Waals surface area (Å²) < 4.78 is 30.2. The lowest BCUT2D eigenvalue weighted by molar-refractivity contribution is 0.0757. The smallest absolute Gasteiger partial charge is 0.251 e. The minimum atomic E-state index is -3.29. The van der Waals surface area contributed by atoms with Crippen LogP contribution in [0.3, 0.4) is 0 Å². The fraction of sp³-hybridized carbons (Fsp3) is 0.562. The Morgan fingerprint density at radius 3 is 2.39 bits per heavy atom. The van der Waals surface area contributed by atoms with E-state index in [4.69, 9.17) is 4.74 Å². The normalized spacial score (nSPS) is 11.5. The first kappa shape index (κ1) is 19.4. The highest BCUT2D eigenvalue weighted by Gasteiger charge is 2.16. The molecule has 1 rings (SSSR count). The Bertz CT molecular complexity index is 597. The standard InChI is InChI=1S/C16H26N2O4S/c1-5-23(20,21)18(4)15-9-7-14(8-10-15)16(19)17-11-6-12-22-13(2)3/h7-10,13H,5-6,11-12H2,1-4H3,(H,17,19). The van der Waals surface area contributed by atoms with Crippen molar-refractivity contribution in [3.63, 3.8) is 0 Å². The van der Waals surface area contributed by atoms with Gasteiger partial charge < -0.3 is 10.1 Å². The summed E-state index contributed by atoms with van der Waals surface area (Å²) in [6.07, 6.45) is 0.939. The number of nitrogens with zero attached hydrogens (tertiary/aromatic N) is 1. The van der Waals surface area contributed by atoms with E-state index in [1.807, 2.05) is 13.8 Å². The predicted octanol–water partition coefficient (Wildman–Crippen LogP) is 2.02. The summed E-state index contributed by atoms with van der Waals surface area (Å²) in [5.74, 6) is -0.147. The molecule has 1 N–H and O–H groups in total. The maximum atomic E-state index is 12.0. The van der Waals surface area contributed by atoms with Gasteiger partial charge in [0.15, 0.2) is 0 Å². The van der Waals surface area contributed by atoms with E-state index in [0.29, 0.717) is 24.4 Å². The molecule has 0 saturated heterocycles. The molecule has 0 atom stereocenters. The predicted molar refractivity (Wildman–Crippen MR) is 92.3 cm³/mol. The van der Waals surface area contributed by atoms with E-state index in [1.54, 1.807) is 31.2 Å². The van der Waals surface area contributed by atoms with Crippen LogP contribution in [0.4, 0.5) is 5.69 Å². The average molecular weight is 342 g/mol. The van der Waals surface area contributed by atoms with Crippen LogP contribution < -0.4 is 9.62 Å². The van der Waals surface area contributed by atoms with E-state index in [1.165, 1.54) is 11.4 Å². The van der Waals surface area contributed by atoms with Gasteiger partial charge in [-0.15, -0.1) is 0 Å². The molecule has 0 saturated carbocycles. The van der Waals surface area contributed by atoms with Crippen LogP contribution in [0, 0.1) is 0 Å². The molecule has 23 heavy (non-hydrogen) atoms. The molecular weight excluding hydrogens is 316 g/mol. The van der Waals surface area contributed by atoms with Gasteiger partial charge in [-0.2, -0.15) is 0 Å². The van der Waals surface area contributed by atoms with Gasteiger partial charge in [0.2, 0.25) is 10.0 Å². The molecule has 0 aromatic heterocycles. The van der Waals surface area contributed by atoms with E-state index in [-0.39, 0.29) is 17.8 Å². The van der Waals surface area contributed by atoms with Crippen molar-refractivity contribution in [3.8, 4) is 0 Å². The second kappa shape index (κ2) is 8.88. The zero-order valence-corrected chi connectivity index (χ0v) is 15.0. The van der Waals surface area contributed by atoms with Crippen molar-refractivity contribution >= 4 is 21.6 Å². The first-order chi connectivity index (χ1) is 10.8. The van der Waals surface area contributed by atoms with E-state index >= 15 is 0 Å². The van der Waals surface area contributed by atoms with Crippen LogP contribution in [-0.2, 0) is 14.8 Å². The van der Waals surface area contributed by atoms with Crippen molar-refractivity contribution in [1.82, 2.24) is 5.32 Å². The summed E-state index contributed by atoms with van der Waals surface area (Å²) in [5, 5.41) is 2.81. The van der Waals surface area contributed by atoms with Crippen molar-refractivity contribution in [2.75, 3.05) is 30.3 Å². The summed E-state index contributed by atoms with van der Waals surface area (Å²) >= 11 is 0. The minimum Gasteiger partial charge on any atom is -0.379 e. The van der Waals surface area contributed by atoms with E-state index in [0.717, 1.165) is 6.42 Å². The number of anilines is 1. The maximum Gasteiger partial charge on any atom is 0.251 e. The number of benzene rings is 1. The largest absolute Gasteiger partial charge is 0.379 e. The molecule has 1 aromatic rings. The van der Waals surface area contributed by atoms with E-state index in [9.17, 15) is 13.2 Å². The van der Waals surface area contributed by atoms with Gasteiger partial charge in [-0.05, 0) is 51.5 Å². The number of carbonyl (C=O) groups excluding carboxylic acids is 1. The summed E-state index contributed by atoms with van der Waals surface area (Å²) in [4.78, 5) is 12.0. The van der Waals surface area contributed by atoms with E-state index in [2.05, 4.69) is 5.32 Å². The number of carbonyl (C=O) groups is 1. The van der Waals surface area contributed by atoms with Crippen LogP contribution in [0.1, 0.15) is 37.6 Å². The molecule has 0 bridgehead atoms. The van der Waals surface area contributed by atoms with Gasteiger partial charge in [0.1, 0.15) is 0 Å².